The van der Waals surface area contributed by atoms with Gasteiger partial charge in [-0.1, -0.05) is 37.1 Å². The Morgan fingerprint density at radius 3 is 2.61 bits per heavy atom. The molecule has 0 amide bonds. The monoisotopic (exact) mass is 264 g/mol. The molecule has 1 aromatic carbocycles. The van der Waals surface area contributed by atoms with Crippen LogP contribution < -0.4 is 0 Å². The van der Waals surface area contributed by atoms with E-state index in [9.17, 15) is 9.00 Å². The van der Waals surface area contributed by atoms with Gasteiger partial charge in [0.05, 0.1) is 5.75 Å². The van der Waals surface area contributed by atoms with E-state index in [0.29, 0.717) is 5.75 Å². The van der Waals surface area contributed by atoms with E-state index in [2.05, 4.69) is 0 Å². The molecule has 0 aliphatic heterocycles. The van der Waals surface area contributed by atoms with Crippen molar-refractivity contribution < 1.29 is 9.00 Å². The highest BCUT2D eigenvalue weighted by Crippen LogP contribution is 2.25. The van der Waals surface area contributed by atoms with Crippen LogP contribution in [0.4, 0.5) is 0 Å². The van der Waals surface area contributed by atoms with Gasteiger partial charge in [0, 0.05) is 22.5 Å². The summed E-state index contributed by atoms with van der Waals surface area (Å²) in [7, 11) is -1.06. The van der Waals surface area contributed by atoms with Crippen molar-refractivity contribution in [3.05, 3.63) is 35.4 Å². The van der Waals surface area contributed by atoms with Gasteiger partial charge in [-0.2, -0.15) is 0 Å². The van der Waals surface area contributed by atoms with E-state index < -0.39 is 10.8 Å². The predicted octanol–water partition coefficient (Wildman–Crippen LogP) is 3.00. The maximum atomic E-state index is 12.0. The van der Waals surface area contributed by atoms with Crippen LogP contribution in [0, 0.1) is 12.8 Å². The van der Waals surface area contributed by atoms with E-state index in [1.165, 1.54) is 0 Å². The highest BCUT2D eigenvalue weighted by Gasteiger charge is 2.23. The fraction of sp³-hybridized carbons (Fsp3) is 0.533. The summed E-state index contributed by atoms with van der Waals surface area (Å²) in [5, 5.41) is 0. The summed E-state index contributed by atoms with van der Waals surface area (Å²) < 4.78 is 12.0. The lowest BCUT2D eigenvalue weighted by Crippen LogP contribution is -2.19. The van der Waals surface area contributed by atoms with E-state index in [4.69, 9.17) is 0 Å². The number of rotatable bonds is 5. The molecule has 1 aromatic rings. The first-order valence-corrected chi connectivity index (χ1v) is 8.08. The number of benzene rings is 1. The van der Waals surface area contributed by atoms with Crippen molar-refractivity contribution in [2.75, 3.05) is 5.75 Å². The van der Waals surface area contributed by atoms with E-state index >= 15 is 0 Å². The van der Waals surface area contributed by atoms with Crippen molar-refractivity contribution in [1.82, 2.24) is 0 Å². The van der Waals surface area contributed by atoms with Crippen LogP contribution in [-0.2, 0) is 21.3 Å². The number of ketones is 1. The zero-order valence-corrected chi connectivity index (χ0v) is 11.7. The van der Waals surface area contributed by atoms with Crippen molar-refractivity contribution in [1.29, 1.82) is 0 Å². The predicted molar refractivity (Wildman–Crippen MR) is 74.9 cm³/mol. The molecular formula is C15H20O2S. The third-order valence-electron chi connectivity index (χ3n) is 3.69. The summed E-state index contributed by atoms with van der Waals surface area (Å²) >= 11 is 0. The molecule has 1 atom stereocenters. The average Bonchev–Trinajstić information content (AvgIpc) is 2.85. The molecule has 2 nitrogen and oxygen atoms in total. The highest BCUT2D eigenvalue weighted by atomic mass is 32.2. The summed E-state index contributed by atoms with van der Waals surface area (Å²) in [6.45, 7) is 2.02. The quantitative estimate of drug-likeness (QED) is 0.819. The van der Waals surface area contributed by atoms with Crippen LogP contribution in [0.1, 0.15) is 36.8 Å². The second-order valence-electron chi connectivity index (χ2n) is 5.10. The first-order chi connectivity index (χ1) is 8.66. The SMILES string of the molecule is Cc1ccccc1CS(=O)CC(=O)C1CCCC1. The van der Waals surface area contributed by atoms with Gasteiger partial charge in [0.25, 0.3) is 0 Å². The van der Waals surface area contributed by atoms with Crippen LogP contribution in [0.3, 0.4) is 0 Å². The molecule has 0 saturated heterocycles. The van der Waals surface area contributed by atoms with Crippen molar-refractivity contribution in [3.8, 4) is 0 Å². The van der Waals surface area contributed by atoms with Gasteiger partial charge >= 0.3 is 0 Å². The molecule has 1 fully saturated rings. The fourth-order valence-electron chi connectivity index (χ4n) is 2.52. The van der Waals surface area contributed by atoms with Gasteiger partial charge in [0.2, 0.25) is 0 Å². The Hall–Kier alpha value is -0.960. The molecule has 1 unspecified atom stereocenters. The minimum absolute atomic E-state index is 0.186. The second-order valence-corrected chi connectivity index (χ2v) is 6.56. The number of hydrogen-bond acceptors (Lipinski definition) is 2. The Morgan fingerprint density at radius 2 is 1.94 bits per heavy atom. The Kier molecular flexibility index (Phi) is 4.70. The molecular weight excluding hydrogens is 244 g/mol. The van der Waals surface area contributed by atoms with Crippen LogP contribution >= 0.6 is 0 Å². The molecule has 3 heteroatoms. The fourth-order valence-corrected chi connectivity index (χ4v) is 3.85. The number of aryl methyl sites for hydroxylation is 1. The summed E-state index contributed by atoms with van der Waals surface area (Å²) in [6.07, 6.45) is 4.31. The van der Waals surface area contributed by atoms with Gasteiger partial charge in [0.15, 0.2) is 0 Å². The number of hydrogen-bond donors (Lipinski definition) is 0. The van der Waals surface area contributed by atoms with Gasteiger partial charge in [-0.15, -0.1) is 0 Å². The molecule has 0 spiro atoms. The van der Waals surface area contributed by atoms with Crippen molar-refractivity contribution in [2.24, 2.45) is 5.92 Å². The summed E-state index contributed by atoms with van der Waals surface area (Å²) in [4.78, 5) is 11.9. The zero-order chi connectivity index (χ0) is 13.0. The van der Waals surface area contributed by atoms with Gasteiger partial charge in [-0.3, -0.25) is 9.00 Å². The Labute approximate surface area is 111 Å². The molecule has 0 bridgehead atoms. The first kappa shape index (κ1) is 13.5. The Bertz CT molecular complexity index is 448. The summed E-state index contributed by atoms with van der Waals surface area (Å²) in [6, 6.07) is 7.95. The van der Waals surface area contributed by atoms with Crippen molar-refractivity contribution >= 4 is 16.6 Å². The highest BCUT2D eigenvalue weighted by molar-refractivity contribution is 7.84. The minimum atomic E-state index is -1.06. The lowest BCUT2D eigenvalue weighted by molar-refractivity contribution is -0.120. The van der Waals surface area contributed by atoms with Crippen LogP contribution in [0.5, 0.6) is 0 Å². The van der Waals surface area contributed by atoms with Crippen LogP contribution in [0.15, 0.2) is 24.3 Å². The van der Waals surface area contributed by atoms with Gasteiger partial charge < -0.3 is 0 Å². The van der Waals surface area contributed by atoms with E-state index in [-0.39, 0.29) is 17.5 Å². The largest absolute Gasteiger partial charge is 0.298 e. The Balaban J connectivity index is 1.89. The molecule has 0 heterocycles. The molecule has 2 rings (SSSR count). The number of carbonyl (C=O) groups is 1. The average molecular weight is 264 g/mol. The summed E-state index contributed by atoms with van der Waals surface area (Å²) in [5.41, 5.74) is 2.24. The topological polar surface area (TPSA) is 34.1 Å². The van der Waals surface area contributed by atoms with Gasteiger partial charge in [-0.25, -0.2) is 0 Å². The van der Waals surface area contributed by atoms with E-state index in [1.807, 2.05) is 31.2 Å². The third-order valence-corrected chi connectivity index (χ3v) is 4.93. The molecule has 18 heavy (non-hydrogen) atoms. The first-order valence-electron chi connectivity index (χ1n) is 6.59. The molecule has 98 valence electrons. The number of carbonyl (C=O) groups excluding carboxylic acids is 1. The minimum Gasteiger partial charge on any atom is -0.298 e. The molecule has 1 saturated carbocycles. The molecule has 0 radical (unpaired) electrons. The maximum Gasteiger partial charge on any atom is 0.148 e. The summed E-state index contributed by atoms with van der Waals surface area (Å²) in [5.74, 6) is 1.13. The van der Waals surface area contributed by atoms with Gasteiger partial charge in [-0.05, 0) is 30.9 Å². The Morgan fingerprint density at radius 1 is 1.28 bits per heavy atom. The third kappa shape index (κ3) is 3.52. The van der Waals surface area contributed by atoms with Crippen LogP contribution in [0.2, 0.25) is 0 Å². The zero-order valence-electron chi connectivity index (χ0n) is 10.9. The molecule has 1 aliphatic carbocycles. The van der Waals surface area contributed by atoms with Crippen LogP contribution in [0.25, 0.3) is 0 Å². The normalized spacial score (nSPS) is 17.8. The number of Topliss-reactive ketones (excluding diaryl/α,β-unsaturated/α-hetero) is 1. The molecule has 0 N–H and O–H groups in total. The lowest BCUT2D eigenvalue weighted by atomic mass is 10.0. The van der Waals surface area contributed by atoms with E-state index in [0.717, 1.165) is 36.8 Å². The smallest absolute Gasteiger partial charge is 0.148 e. The molecule has 1 aliphatic rings. The standard InChI is InChI=1S/C15H20O2S/c1-12-6-2-3-9-14(12)10-18(17)11-15(16)13-7-4-5-8-13/h2-3,6,9,13H,4-5,7-8,10-11H2,1H3. The van der Waals surface area contributed by atoms with Crippen molar-refractivity contribution in [3.63, 3.8) is 0 Å². The lowest BCUT2D eigenvalue weighted by Gasteiger charge is -2.08. The van der Waals surface area contributed by atoms with E-state index in [1.54, 1.807) is 0 Å². The molecule has 0 aromatic heterocycles. The van der Waals surface area contributed by atoms with Crippen LogP contribution in [-0.4, -0.2) is 15.7 Å². The second kappa shape index (κ2) is 6.28. The van der Waals surface area contributed by atoms with Crippen molar-refractivity contribution in [2.45, 2.75) is 38.4 Å². The van der Waals surface area contributed by atoms with Gasteiger partial charge in [0.1, 0.15) is 5.78 Å². The maximum absolute atomic E-state index is 12.0.